The molecule has 24 heavy (non-hydrogen) atoms. The summed E-state index contributed by atoms with van der Waals surface area (Å²) in [4.78, 5) is 27.7. The van der Waals surface area contributed by atoms with Crippen LogP contribution in [0, 0.1) is 0 Å². The molecule has 0 bridgehead atoms. The highest BCUT2D eigenvalue weighted by Gasteiger charge is 2.11. The monoisotopic (exact) mass is 386 g/mol. The summed E-state index contributed by atoms with van der Waals surface area (Å²) in [5, 5.41) is 4.44. The Bertz CT molecular complexity index is 999. The van der Waals surface area contributed by atoms with E-state index in [4.69, 9.17) is 10.2 Å². The summed E-state index contributed by atoms with van der Waals surface area (Å²) in [7, 11) is 0. The minimum Gasteiger partial charge on any atom is -0.422 e. The van der Waals surface area contributed by atoms with Crippen LogP contribution in [0.25, 0.3) is 11.0 Å². The molecular formula is C16H11BrN4O3. The zero-order chi connectivity index (χ0) is 17.1. The molecule has 7 nitrogen and oxygen atoms in total. The highest BCUT2D eigenvalue weighted by atomic mass is 79.9. The number of nitrogens with one attached hydrogen (secondary N) is 1. The maximum atomic E-state index is 12.0. The maximum Gasteiger partial charge on any atom is 0.347 e. The number of fused-ring (bicyclic) bond motifs is 1. The molecule has 3 N–H and O–H groups in total. The molecule has 3 aromatic rings. The van der Waals surface area contributed by atoms with Gasteiger partial charge in [0, 0.05) is 27.8 Å². The summed E-state index contributed by atoms with van der Waals surface area (Å²) in [5.41, 5.74) is 8.33. The van der Waals surface area contributed by atoms with E-state index >= 15 is 0 Å². The second-order valence-electron chi connectivity index (χ2n) is 4.80. The van der Waals surface area contributed by atoms with Gasteiger partial charge in [-0.05, 0) is 36.4 Å². The van der Waals surface area contributed by atoms with Crippen LogP contribution in [0.2, 0.25) is 0 Å². The van der Waals surface area contributed by atoms with Crippen LogP contribution < -0.4 is 16.8 Å². The van der Waals surface area contributed by atoms with E-state index in [1.54, 1.807) is 24.3 Å². The van der Waals surface area contributed by atoms with E-state index < -0.39 is 11.5 Å². The quantitative estimate of drug-likeness (QED) is 0.309. The number of aromatic nitrogens is 1. The van der Waals surface area contributed by atoms with Gasteiger partial charge in [0.2, 0.25) is 0 Å². The van der Waals surface area contributed by atoms with E-state index in [2.05, 4.69) is 31.4 Å². The summed E-state index contributed by atoms with van der Waals surface area (Å²) in [6.07, 6.45) is 2.97. The average molecular weight is 387 g/mol. The number of carbonyl (C=O) groups is 1. The van der Waals surface area contributed by atoms with Crippen molar-refractivity contribution in [1.29, 1.82) is 0 Å². The summed E-state index contributed by atoms with van der Waals surface area (Å²) < 4.78 is 6.03. The molecular weight excluding hydrogens is 376 g/mol. The number of hydrazone groups is 1. The van der Waals surface area contributed by atoms with Crippen molar-refractivity contribution in [2.24, 2.45) is 10.8 Å². The largest absolute Gasteiger partial charge is 0.422 e. The van der Waals surface area contributed by atoms with Crippen LogP contribution in [0.5, 0.6) is 0 Å². The zero-order valence-electron chi connectivity index (χ0n) is 12.2. The smallest absolute Gasteiger partial charge is 0.347 e. The molecule has 0 spiro atoms. The molecule has 0 radical (unpaired) electrons. The lowest BCUT2D eigenvalue weighted by Gasteiger charge is -2.03. The molecule has 0 unspecified atom stereocenters. The summed E-state index contributed by atoms with van der Waals surface area (Å²) >= 11 is 3.34. The van der Waals surface area contributed by atoms with Gasteiger partial charge in [-0.3, -0.25) is 9.78 Å². The van der Waals surface area contributed by atoms with Crippen molar-refractivity contribution < 1.29 is 9.21 Å². The van der Waals surface area contributed by atoms with Gasteiger partial charge in [0.15, 0.2) is 5.84 Å². The Morgan fingerprint density at radius 2 is 1.96 bits per heavy atom. The second kappa shape index (κ2) is 6.63. The fourth-order valence-electron chi connectivity index (χ4n) is 2.01. The molecule has 1 aromatic carbocycles. The van der Waals surface area contributed by atoms with Gasteiger partial charge in [-0.1, -0.05) is 15.9 Å². The Morgan fingerprint density at radius 1 is 1.21 bits per heavy atom. The van der Waals surface area contributed by atoms with E-state index in [0.717, 1.165) is 4.47 Å². The van der Waals surface area contributed by atoms with E-state index in [0.29, 0.717) is 16.5 Å². The van der Waals surface area contributed by atoms with Gasteiger partial charge in [0.1, 0.15) is 11.1 Å². The number of hydrogen-bond acceptors (Lipinski definition) is 5. The van der Waals surface area contributed by atoms with Gasteiger partial charge in [-0.2, -0.15) is 5.10 Å². The number of benzene rings is 1. The Kier molecular flexibility index (Phi) is 4.39. The molecule has 0 aliphatic rings. The summed E-state index contributed by atoms with van der Waals surface area (Å²) in [6, 6.07) is 9.83. The van der Waals surface area contributed by atoms with Crippen LogP contribution in [-0.4, -0.2) is 16.7 Å². The molecule has 0 saturated heterocycles. The van der Waals surface area contributed by atoms with Gasteiger partial charge in [0.25, 0.3) is 5.91 Å². The molecule has 120 valence electrons. The minimum absolute atomic E-state index is 0.0654. The fraction of sp³-hybridized carbons (Fsp3) is 0. The number of rotatable bonds is 3. The Labute approximate surface area is 144 Å². The van der Waals surface area contributed by atoms with Gasteiger partial charge >= 0.3 is 5.63 Å². The molecule has 1 amide bonds. The Hall–Kier alpha value is -3.00. The van der Waals surface area contributed by atoms with Gasteiger partial charge in [-0.25, -0.2) is 10.2 Å². The lowest BCUT2D eigenvalue weighted by atomic mass is 10.2. The van der Waals surface area contributed by atoms with E-state index in [1.807, 2.05) is 0 Å². The predicted molar refractivity (Wildman–Crippen MR) is 92.6 cm³/mol. The Balaban J connectivity index is 1.90. The lowest BCUT2D eigenvalue weighted by Crippen LogP contribution is -2.27. The number of amides is 1. The van der Waals surface area contributed by atoms with Crippen molar-refractivity contribution in [3.63, 3.8) is 0 Å². The lowest BCUT2D eigenvalue weighted by molar-refractivity contribution is 0.0954. The molecule has 0 fully saturated rings. The highest BCUT2D eigenvalue weighted by Crippen LogP contribution is 2.19. The van der Waals surface area contributed by atoms with E-state index in [1.165, 1.54) is 24.5 Å². The highest BCUT2D eigenvalue weighted by molar-refractivity contribution is 9.10. The van der Waals surface area contributed by atoms with Gasteiger partial charge in [0.05, 0.1) is 0 Å². The van der Waals surface area contributed by atoms with Crippen molar-refractivity contribution >= 4 is 38.6 Å². The Morgan fingerprint density at radius 3 is 2.71 bits per heavy atom. The first kappa shape index (κ1) is 15.9. The fourth-order valence-corrected chi connectivity index (χ4v) is 2.39. The first-order chi connectivity index (χ1) is 11.5. The number of hydrogen-bond donors (Lipinski definition) is 2. The van der Waals surface area contributed by atoms with E-state index in [-0.39, 0.29) is 11.4 Å². The number of carbonyl (C=O) groups excluding carboxylic acids is 1. The first-order valence-corrected chi connectivity index (χ1v) is 7.61. The molecule has 2 heterocycles. The van der Waals surface area contributed by atoms with Gasteiger partial charge < -0.3 is 10.2 Å². The standard InChI is InChI=1S/C16H11BrN4O3/c17-11-1-2-13-10(7-11)8-12(16(23)24-13)14(18)20-21-15(22)9-3-5-19-6-4-9/h1-8H,(H2,18,20)(H,21,22). The number of nitrogens with zero attached hydrogens (tertiary/aromatic N) is 2. The normalized spacial score (nSPS) is 11.5. The molecule has 0 aliphatic heterocycles. The molecule has 8 heteroatoms. The van der Waals surface area contributed by atoms with Crippen molar-refractivity contribution in [3.05, 3.63) is 74.8 Å². The first-order valence-electron chi connectivity index (χ1n) is 6.82. The number of amidine groups is 1. The third-order valence-corrected chi connectivity index (χ3v) is 3.68. The number of pyridine rings is 1. The van der Waals surface area contributed by atoms with Crippen molar-refractivity contribution in [3.8, 4) is 0 Å². The summed E-state index contributed by atoms with van der Waals surface area (Å²) in [5.74, 6) is -0.610. The van der Waals surface area contributed by atoms with Crippen LogP contribution in [-0.2, 0) is 0 Å². The average Bonchev–Trinajstić information content (AvgIpc) is 2.60. The van der Waals surface area contributed by atoms with Crippen LogP contribution in [0.4, 0.5) is 0 Å². The van der Waals surface area contributed by atoms with Crippen LogP contribution in [0.15, 0.2) is 67.6 Å². The molecule has 3 rings (SSSR count). The topological polar surface area (TPSA) is 111 Å². The minimum atomic E-state index is -0.635. The number of halogens is 1. The zero-order valence-corrected chi connectivity index (χ0v) is 13.8. The summed E-state index contributed by atoms with van der Waals surface area (Å²) in [6.45, 7) is 0. The second-order valence-corrected chi connectivity index (χ2v) is 5.72. The predicted octanol–water partition coefficient (Wildman–Crippen LogP) is 2.00. The van der Waals surface area contributed by atoms with Gasteiger partial charge in [-0.15, -0.1) is 0 Å². The molecule has 0 aliphatic carbocycles. The van der Waals surface area contributed by atoms with Crippen molar-refractivity contribution in [2.75, 3.05) is 0 Å². The molecule has 0 saturated carbocycles. The van der Waals surface area contributed by atoms with Crippen LogP contribution >= 0.6 is 15.9 Å². The third-order valence-electron chi connectivity index (χ3n) is 3.19. The maximum absolute atomic E-state index is 12.0. The van der Waals surface area contributed by atoms with E-state index in [9.17, 15) is 9.59 Å². The van der Waals surface area contributed by atoms with Crippen LogP contribution in [0.1, 0.15) is 15.9 Å². The number of nitrogens with two attached hydrogens (primary N) is 1. The molecule has 0 atom stereocenters. The van der Waals surface area contributed by atoms with Crippen molar-refractivity contribution in [1.82, 2.24) is 10.4 Å². The molecule has 2 aromatic heterocycles. The van der Waals surface area contributed by atoms with Crippen LogP contribution in [0.3, 0.4) is 0 Å². The third kappa shape index (κ3) is 3.33. The van der Waals surface area contributed by atoms with Crippen molar-refractivity contribution in [2.45, 2.75) is 0 Å². The SMILES string of the molecule is N/C(=N/NC(=O)c1ccncc1)c1cc2cc(Br)ccc2oc1=O.